The average molecular weight is 317 g/mol. The van der Waals surface area contributed by atoms with Gasteiger partial charge < -0.3 is 4.48 Å². The molecular weight excluding hydrogens is 298 g/mol. The van der Waals surface area contributed by atoms with Gasteiger partial charge in [-0.2, -0.15) is 0 Å². The summed E-state index contributed by atoms with van der Waals surface area (Å²) in [5.74, 6) is 0.600. The first-order valence-electron chi connectivity index (χ1n) is 7.45. The normalized spacial score (nSPS) is 25.7. The predicted octanol–water partition coefficient (Wildman–Crippen LogP) is 5.11. The Morgan fingerprint density at radius 3 is 2.67 bits per heavy atom. The van der Waals surface area contributed by atoms with Gasteiger partial charge in [0.05, 0.1) is 20.6 Å². The molecule has 0 saturated carbocycles. The SMILES string of the molecule is C[N+]1(C)CC[C@@H]2c3ccccc3Sc3ccc(Cl)cc3[C@@H]21. The van der Waals surface area contributed by atoms with E-state index in [-0.39, 0.29) is 0 Å². The van der Waals surface area contributed by atoms with E-state index in [2.05, 4.69) is 50.5 Å². The van der Waals surface area contributed by atoms with Crippen LogP contribution >= 0.6 is 23.4 Å². The van der Waals surface area contributed by atoms with Crippen molar-refractivity contribution >= 4 is 23.4 Å². The summed E-state index contributed by atoms with van der Waals surface area (Å²) in [5.41, 5.74) is 2.94. The van der Waals surface area contributed by atoms with Crippen LogP contribution in [0.1, 0.15) is 29.5 Å². The summed E-state index contributed by atoms with van der Waals surface area (Å²) in [6.07, 6.45) is 1.25. The summed E-state index contributed by atoms with van der Waals surface area (Å²) in [5, 5.41) is 0.853. The lowest BCUT2D eigenvalue weighted by atomic mass is 9.87. The summed E-state index contributed by atoms with van der Waals surface area (Å²) in [6.45, 7) is 1.22. The summed E-state index contributed by atoms with van der Waals surface area (Å²) < 4.78 is 1.05. The second-order valence-corrected chi connectivity index (χ2v) is 8.18. The van der Waals surface area contributed by atoms with E-state index < -0.39 is 0 Å². The van der Waals surface area contributed by atoms with Crippen molar-refractivity contribution in [3.63, 3.8) is 0 Å². The van der Waals surface area contributed by atoms with E-state index in [0.29, 0.717) is 12.0 Å². The highest BCUT2D eigenvalue weighted by molar-refractivity contribution is 7.99. The molecule has 0 N–H and O–H groups in total. The number of halogens is 1. The highest BCUT2D eigenvalue weighted by atomic mass is 35.5. The zero-order chi connectivity index (χ0) is 14.6. The Morgan fingerprint density at radius 1 is 1.05 bits per heavy atom. The summed E-state index contributed by atoms with van der Waals surface area (Å²) in [4.78, 5) is 2.78. The molecule has 0 aromatic heterocycles. The second kappa shape index (κ2) is 4.77. The van der Waals surface area contributed by atoms with Gasteiger partial charge in [-0.1, -0.05) is 41.6 Å². The van der Waals surface area contributed by atoms with Crippen molar-refractivity contribution in [2.24, 2.45) is 0 Å². The first-order valence-corrected chi connectivity index (χ1v) is 8.64. The number of likely N-dealkylation sites (N-methyl/N-ethyl adjacent to an activating group) is 1. The number of nitrogens with zero attached hydrogens (tertiary/aromatic N) is 1. The Labute approximate surface area is 135 Å². The minimum atomic E-state index is 0.509. The maximum absolute atomic E-state index is 6.31. The molecule has 21 heavy (non-hydrogen) atoms. The lowest BCUT2D eigenvalue weighted by molar-refractivity contribution is -0.909. The van der Waals surface area contributed by atoms with Gasteiger partial charge in [0.25, 0.3) is 0 Å². The molecule has 4 rings (SSSR count). The minimum Gasteiger partial charge on any atom is -0.322 e. The summed E-state index contributed by atoms with van der Waals surface area (Å²) >= 11 is 8.21. The molecule has 2 atom stereocenters. The van der Waals surface area contributed by atoms with Gasteiger partial charge in [-0.15, -0.1) is 0 Å². The zero-order valence-electron chi connectivity index (χ0n) is 12.3. The van der Waals surface area contributed by atoms with Crippen LogP contribution in [0.15, 0.2) is 52.3 Å². The average Bonchev–Trinajstić information content (AvgIpc) is 2.69. The quantitative estimate of drug-likeness (QED) is 0.609. The van der Waals surface area contributed by atoms with E-state index in [9.17, 15) is 0 Å². The molecule has 1 nitrogen and oxygen atoms in total. The third-order valence-corrected chi connectivity index (χ3v) is 6.40. The molecule has 1 fully saturated rings. The molecule has 0 amide bonds. The Kier molecular flexibility index (Phi) is 3.11. The van der Waals surface area contributed by atoms with Crippen molar-refractivity contribution < 1.29 is 4.48 Å². The molecule has 2 aliphatic rings. The first kappa shape index (κ1) is 13.7. The van der Waals surface area contributed by atoms with Crippen LogP contribution in [0.3, 0.4) is 0 Å². The third kappa shape index (κ3) is 2.12. The van der Waals surface area contributed by atoms with Gasteiger partial charge >= 0.3 is 0 Å². The van der Waals surface area contributed by atoms with E-state index >= 15 is 0 Å². The van der Waals surface area contributed by atoms with Gasteiger partial charge in [0, 0.05) is 32.7 Å². The molecule has 2 aromatic carbocycles. The largest absolute Gasteiger partial charge is 0.322 e. The molecule has 2 aliphatic heterocycles. The molecule has 0 bridgehead atoms. The fraction of sp³-hybridized carbons (Fsp3) is 0.333. The van der Waals surface area contributed by atoms with E-state index in [4.69, 9.17) is 11.6 Å². The van der Waals surface area contributed by atoms with Crippen LogP contribution in [0, 0.1) is 0 Å². The van der Waals surface area contributed by atoms with Crippen LogP contribution in [0.25, 0.3) is 0 Å². The highest BCUT2D eigenvalue weighted by Gasteiger charge is 2.47. The molecule has 2 heterocycles. The van der Waals surface area contributed by atoms with Gasteiger partial charge in [-0.25, -0.2) is 0 Å². The Hall–Kier alpha value is -0.960. The monoisotopic (exact) mass is 316 g/mol. The molecule has 1 saturated heterocycles. The Bertz CT molecular complexity index is 710. The summed E-state index contributed by atoms with van der Waals surface area (Å²) in [7, 11) is 4.71. The van der Waals surface area contributed by atoms with Gasteiger partial charge in [-0.05, 0) is 29.8 Å². The number of fused-ring (bicyclic) bond motifs is 5. The fourth-order valence-corrected chi connectivity index (χ4v) is 5.35. The molecule has 0 unspecified atom stereocenters. The molecule has 0 spiro atoms. The lowest BCUT2D eigenvalue weighted by Gasteiger charge is -2.34. The van der Waals surface area contributed by atoms with E-state index in [1.54, 1.807) is 0 Å². The van der Waals surface area contributed by atoms with Crippen LogP contribution in [-0.4, -0.2) is 25.1 Å². The third-order valence-electron chi connectivity index (χ3n) is 4.98. The fourth-order valence-electron chi connectivity index (χ4n) is 4.02. The minimum absolute atomic E-state index is 0.509. The standard InChI is InChI=1S/C18H19ClNS/c1-20(2)10-9-14-13-5-3-4-6-16(13)21-17-8-7-12(19)11-15(17)18(14)20/h3-8,11,14,18H,9-10H2,1-2H3/q+1/t14-,18-/m1/s1. The van der Waals surface area contributed by atoms with Gasteiger partial charge in [0.2, 0.25) is 0 Å². The summed E-state index contributed by atoms with van der Waals surface area (Å²) in [6, 6.07) is 15.8. The predicted molar refractivity (Wildman–Crippen MR) is 89.1 cm³/mol. The van der Waals surface area contributed by atoms with Crippen molar-refractivity contribution in [1.82, 2.24) is 0 Å². The number of quaternary nitrogens is 1. The number of benzene rings is 2. The Balaban J connectivity index is 1.98. The van der Waals surface area contributed by atoms with E-state index in [1.165, 1.54) is 33.9 Å². The Morgan fingerprint density at radius 2 is 1.81 bits per heavy atom. The van der Waals surface area contributed by atoms with Gasteiger partial charge in [0.1, 0.15) is 6.04 Å². The first-order chi connectivity index (χ1) is 10.1. The van der Waals surface area contributed by atoms with Gasteiger partial charge in [-0.3, -0.25) is 0 Å². The van der Waals surface area contributed by atoms with Crippen LogP contribution in [0.2, 0.25) is 5.02 Å². The molecular formula is C18H19ClNS+. The number of hydrogen-bond acceptors (Lipinski definition) is 1. The molecule has 3 heteroatoms. The molecule has 0 aliphatic carbocycles. The maximum atomic E-state index is 6.31. The molecule has 108 valence electrons. The van der Waals surface area contributed by atoms with Crippen LogP contribution < -0.4 is 0 Å². The van der Waals surface area contributed by atoms with Gasteiger partial charge in [0.15, 0.2) is 0 Å². The van der Waals surface area contributed by atoms with Crippen molar-refractivity contribution in [2.75, 3.05) is 20.6 Å². The van der Waals surface area contributed by atoms with E-state index in [1.807, 2.05) is 17.8 Å². The van der Waals surface area contributed by atoms with Crippen LogP contribution in [0.5, 0.6) is 0 Å². The highest BCUT2D eigenvalue weighted by Crippen LogP contribution is 2.54. The van der Waals surface area contributed by atoms with Crippen LogP contribution in [0.4, 0.5) is 0 Å². The van der Waals surface area contributed by atoms with Crippen molar-refractivity contribution in [1.29, 1.82) is 0 Å². The van der Waals surface area contributed by atoms with Crippen molar-refractivity contribution in [2.45, 2.75) is 28.2 Å². The van der Waals surface area contributed by atoms with Crippen molar-refractivity contribution in [3.8, 4) is 0 Å². The van der Waals surface area contributed by atoms with E-state index in [0.717, 1.165) is 9.51 Å². The second-order valence-electron chi connectivity index (χ2n) is 6.66. The maximum Gasteiger partial charge on any atom is 0.123 e. The molecule has 2 aromatic rings. The van der Waals surface area contributed by atoms with Crippen molar-refractivity contribution in [3.05, 3.63) is 58.6 Å². The lowest BCUT2D eigenvalue weighted by Crippen LogP contribution is -2.39. The number of likely N-dealkylation sites (tertiary alicyclic amines) is 1. The van der Waals surface area contributed by atoms with Crippen LogP contribution in [-0.2, 0) is 0 Å². The number of rotatable bonds is 0. The topological polar surface area (TPSA) is 0 Å². The smallest absolute Gasteiger partial charge is 0.123 e. The molecule has 0 radical (unpaired) electrons. The number of hydrogen-bond donors (Lipinski definition) is 0. The zero-order valence-corrected chi connectivity index (χ0v) is 13.9.